The van der Waals surface area contributed by atoms with Gasteiger partial charge in [-0.1, -0.05) is 6.07 Å². The molecule has 0 saturated carbocycles. The third-order valence-corrected chi connectivity index (χ3v) is 4.82. The van der Waals surface area contributed by atoms with Crippen LogP contribution in [0.25, 0.3) is 0 Å². The van der Waals surface area contributed by atoms with Gasteiger partial charge in [-0.05, 0) is 31.0 Å². The maximum atomic E-state index is 12.5. The molecule has 1 aromatic carbocycles. The van der Waals surface area contributed by atoms with E-state index in [0.717, 1.165) is 4.31 Å². The van der Waals surface area contributed by atoms with E-state index in [1.165, 1.54) is 0 Å². The van der Waals surface area contributed by atoms with Crippen LogP contribution in [-0.4, -0.2) is 25.8 Å². The molecule has 2 N–H and O–H groups in total. The minimum absolute atomic E-state index is 0.0676. The van der Waals surface area contributed by atoms with Gasteiger partial charge < -0.3 is 5.73 Å². The maximum Gasteiger partial charge on any atom is 0.245 e. The third-order valence-electron chi connectivity index (χ3n) is 2.74. The molecule has 0 radical (unpaired) electrons. The molecular formula is C12H14N4O2S. The Morgan fingerprint density at radius 3 is 2.21 bits per heavy atom. The Hall–Kier alpha value is -2.09. The largest absolute Gasteiger partial charge is 0.398 e. The fraction of sp³-hybridized carbons (Fsp3) is 0.333. The van der Waals surface area contributed by atoms with Gasteiger partial charge in [0.2, 0.25) is 10.0 Å². The average Bonchev–Trinajstić information content (AvgIpc) is 2.34. The smallest absolute Gasteiger partial charge is 0.245 e. The second kappa shape index (κ2) is 5.70. The summed E-state index contributed by atoms with van der Waals surface area (Å²) in [5.41, 5.74) is 7.05. The highest BCUT2D eigenvalue weighted by molar-refractivity contribution is 7.89. The van der Waals surface area contributed by atoms with Crippen LogP contribution < -0.4 is 5.73 Å². The summed E-state index contributed by atoms with van der Waals surface area (Å²) < 4.78 is 25.8. The van der Waals surface area contributed by atoms with Crippen molar-refractivity contribution < 1.29 is 8.42 Å². The lowest BCUT2D eigenvalue weighted by Gasteiger charge is -2.19. The number of nitriles is 2. The molecular weight excluding hydrogens is 264 g/mol. The van der Waals surface area contributed by atoms with Crippen molar-refractivity contribution in [1.29, 1.82) is 10.5 Å². The summed E-state index contributed by atoms with van der Waals surface area (Å²) >= 11 is 0. The van der Waals surface area contributed by atoms with Crippen LogP contribution in [0.4, 0.5) is 5.69 Å². The Labute approximate surface area is 112 Å². The summed E-state index contributed by atoms with van der Waals surface area (Å²) in [6.07, 6.45) is 0. The molecule has 0 aliphatic rings. The van der Waals surface area contributed by atoms with Crippen LogP contribution >= 0.6 is 0 Å². The van der Waals surface area contributed by atoms with Crippen LogP contribution in [0.5, 0.6) is 0 Å². The van der Waals surface area contributed by atoms with E-state index in [-0.39, 0.29) is 18.0 Å². The fourth-order valence-electron chi connectivity index (χ4n) is 1.75. The zero-order valence-electron chi connectivity index (χ0n) is 10.7. The molecule has 19 heavy (non-hydrogen) atoms. The number of anilines is 1. The molecule has 0 aliphatic carbocycles. The highest BCUT2D eigenvalue weighted by Crippen LogP contribution is 2.27. The van der Waals surface area contributed by atoms with E-state index in [2.05, 4.69) is 0 Å². The first kappa shape index (κ1) is 15.0. The van der Waals surface area contributed by atoms with E-state index in [9.17, 15) is 8.42 Å². The normalized spacial score (nSPS) is 11.0. The molecule has 6 nitrogen and oxygen atoms in total. The lowest BCUT2D eigenvalue weighted by atomic mass is 10.1. The van der Waals surface area contributed by atoms with Crippen molar-refractivity contribution in [2.45, 2.75) is 18.7 Å². The van der Waals surface area contributed by atoms with Gasteiger partial charge in [0.25, 0.3) is 0 Å². The van der Waals surface area contributed by atoms with Crippen molar-refractivity contribution in [2.24, 2.45) is 0 Å². The lowest BCUT2D eigenvalue weighted by molar-refractivity contribution is 0.478. The number of rotatable bonds is 4. The first-order valence-corrected chi connectivity index (χ1v) is 6.90. The van der Waals surface area contributed by atoms with Crippen molar-refractivity contribution >= 4 is 15.7 Å². The van der Waals surface area contributed by atoms with E-state index in [1.54, 1.807) is 38.1 Å². The van der Waals surface area contributed by atoms with Crippen LogP contribution in [0, 0.1) is 36.5 Å². The zero-order valence-corrected chi connectivity index (χ0v) is 11.5. The van der Waals surface area contributed by atoms with Gasteiger partial charge in [-0.25, -0.2) is 8.42 Å². The number of hydrogen-bond donors (Lipinski definition) is 1. The Morgan fingerprint density at radius 2 is 1.74 bits per heavy atom. The van der Waals surface area contributed by atoms with Gasteiger partial charge in [-0.2, -0.15) is 14.8 Å². The van der Waals surface area contributed by atoms with Gasteiger partial charge in [0, 0.05) is 5.69 Å². The van der Waals surface area contributed by atoms with Gasteiger partial charge in [0.05, 0.1) is 17.0 Å². The summed E-state index contributed by atoms with van der Waals surface area (Å²) in [7, 11) is -3.90. The van der Waals surface area contributed by atoms with Gasteiger partial charge >= 0.3 is 0 Å². The molecule has 0 amide bonds. The number of nitrogens with zero attached hydrogens (tertiary/aromatic N) is 3. The molecule has 0 atom stereocenters. The molecule has 0 fully saturated rings. The SMILES string of the molecule is Cc1ccc(N)c(C)c1S(=O)(=O)N(CC#N)CC#N. The Kier molecular flexibility index (Phi) is 4.49. The van der Waals surface area contributed by atoms with E-state index >= 15 is 0 Å². The summed E-state index contributed by atoms with van der Waals surface area (Å²) in [5, 5.41) is 17.4. The van der Waals surface area contributed by atoms with Crippen molar-refractivity contribution in [3.8, 4) is 12.1 Å². The number of benzene rings is 1. The molecule has 7 heteroatoms. The number of nitrogen functional groups attached to an aromatic ring is 1. The topological polar surface area (TPSA) is 111 Å². The zero-order chi connectivity index (χ0) is 14.6. The van der Waals surface area contributed by atoms with Gasteiger partial charge in [-0.3, -0.25) is 0 Å². The van der Waals surface area contributed by atoms with Crippen LogP contribution in [0.2, 0.25) is 0 Å². The van der Waals surface area contributed by atoms with Crippen molar-refractivity contribution in [3.05, 3.63) is 23.3 Å². The predicted molar refractivity (Wildman–Crippen MR) is 70.3 cm³/mol. The van der Waals surface area contributed by atoms with Crippen LogP contribution in [0.3, 0.4) is 0 Å². The molecule has 0 heterocycles. The first-order chi connectivity index (χ1) is 8.86. The highest BCUT2D eigenvalue weighted by atomic mass is 32.2. The molecule has 0 spiro atoms. The highest BCUT2D eigenvalue weighted by Gasteiger charge is 2.28. The van der Waals surface area contributed by atoms with Gasteiger partial charge in [-0.15, -0.1) is 0 Å². The molecule has 100 valence electrons. The predicted octanol–water partition coefficient (Wildman–Crippen LogP) is 0.924. The quantitative estimate of drug-likeness (QED) is 0.650. The van der Waals surface area contributed by atoms with Crippen LogP contribution in [-0.2, 0) is 10.0 Å². The van der Waals surface area contributed by atoms with Crippen molar-refractivity contribution in [3.63, 3.8) is 0 Å². The number of nitrogens with two attached hydrogens (primary N) is 1. The Morgan fingerprint density at radius 1 is 1.21 bits per heavy atom. The Balaban J connectivity index is 3.47. The summed E-state index contributed by atoms with van der Waals surface area (Å²) in [4.78, 5) is 0.0676. The summed E-state index contributed by atoms with van der Waals surface area (Å²) in [5.74, 6) is 0. The maximum absolute atomic E-state index is 12.5. The molecule has 1 aromatic rings. The summed E-state index contributed by atoms with van der Waals surface area (Å²) in [6, 6.07) is 6.72. The van der Waals surface area contributed by atoms with E-state index in [1.807, 2.05) is 0 Å². The minimum Gasteiger partial charge on any atom is -0.398 e. The Bertz CT molecular complexity index is 652. The number of hydrogen-bond acceptors (Lipinski definition) is 5. The second-order valence-electron chi connectivity index (χ2n) is 4.02. The van der Waals surface area contributed by atoms with Gasteiger partial charge in [0.15, 0.2) is 0 Å². The molecule has 1 rings (SSSR count). The van der Waals surface area contributed by atoms with Crippen molar-refractivity contribution in [2.75, 3.05) is 18.8 Å². The number of aryl methyl sites for hydroxylation is 1. The minimum atomic E-state index is -3.90. The second-order valence-corrected chi connectivity index (χ2v) is 5.89. The standard InChI is InChI=1S/C12H14N4O2S/c1-9-3-4-11(15)10(2)12(9)19(17,18)16(7-5-13)8-6-14/h3-4H,7-8,15H2,1-2H3. The van der Waals surface area contributed by atoms with E-state index in [4.69, 9.17) is 16.3 Å². The molecule has 0 aromatic heterocycles. The fourth-order valence-corrected chi connectivity index (χ4v) is 3.45. The number of sulfonamides is 1. The molecule has 0 bridgehead atoms. The average molecular weight is 278 g/mol. The first-order valence-electron chi connectivity index (χ1n) is 5.46. The van der Waals surface area contributed by atoms with Crippen LogP contribution in [0.15, 0.2) is 17.0 Å². The third kappa shape index (κ3) is 2.84. The van der Waals surface area contributed by atoms with Gasteiger partial charge in [0.1, 0.15) is 13.1 Å². The van der Waals surface area contributed by atoms with E-state index < -0.39 is 10.0 Å². The monoisotopic (exact) mass is 278 g/mol. The van der Waals surface area contributed by atoms with Crippen LogP contribution in [0.1, 0.15) is 11.1 Å². The summed E-state index contributed by atoms with van der Waals surface area (Å²) in [6.45, 7) is 2.51. The molecule has 0 unspecified atom stereocenters. The molecule has 0 aliphatic heterocycles. The van der Waals surface area contributed by atoms with Crippen molar-refractivity contribution in [1.82, 2.24) is 4.31 Å². The lowest BCUT2D eigenvalue weighted by Crippen LogP contribution is -2.33. The molecule has 0 saturated heterocycles. The van der Waals surface area contributed by atoms with E-state index in [0.29, 0.717) is 16.8 Å².